The van der Waals surface area contributed by atoms with Crippen LogP contribution in [0.4, 0.5) is 0 Å². The highest BCUT2D eigenvalue weighted by atomic mass is 16.6. The van der Waals surface area contributed by atoms with Crippen LogP contribution in [-0.4, -0.2) is 30.3 Å². The quantitative estimate of drug-likeness (QED) is 0.274. The molecule has 1 saturated carbocycles. The number of esters is 1. The molecule has 6 nitrogen and oxygen atoms in total. The van der Waals surface area contributed by atoms with Crippen molar-refractivity contribution in [2.45, 2.75) is 38.0 Å². The summed E-state index contributed by atoms with van der Waals surface area (Å²) in [6.07, 6.45) is 2.78. The Morgan fingerprint density at radius 2 is 2.00 bits per heavy atom. The second kappa shape index (κ2) is 7.35. The smallest absolute Gasteiger partial charge is 0.320 e. The topological polar surface area (TPSA) is 86.5 Å². The van der Waals surface area contributed by atoms with E-state index in [0.29, 0.717) is 24.8 Å². The van der Waals surface area contributed by atoms with Crippen LogP contribution >= 0.6 is 0 Å². The van der Waals surface area contributed by atoms with Gasteiger partial charge < -0.3 is 4.74 Å². The molecule has 0 spiro atoms. The number of ketones is 1. The highest BCUT2D eigenvalue weighted by Gasteiger charge is 2.54. The number of carbonyl (C=O) groups excluding carboxylic acids is 2. The molecule has 124 valence electrons. The molecule has 2 atom stereocenters. The molecule has 1 aromatic carbocycles. The van der Waals surface area contributed by atoms with Gasteiger partial charge in [-0.05, 0) is 18.4 Å². The van der Waals surface area contributed by atoms with Crippen molar-refractivity contribution >= 4 is 11.8 Å². The third kappa shape index (κ3) is 3.41. The molecule has 2 rings (SSSR count). The molecule has 0 bridgehead atoms. The largest absolute Gasteiger partial charge is 0.468 e. The minimum Gasteiger partial charge on any atom is -0.468 e. The molecule has 23 heavy (non-hydrogen) atoms. The summed E-state index contributed by atoms with van der Waals surface area (Å²) >= 11 is 0. The third-order valence-corrected chi connectivity index (χ3v) is 4.65. The van der Waals surface area contributed by atoms with Crippen LogP contribution in [0.5, 0.6) is 0 Å². The number of methoxy groups -OCH3 is 1. The number of carbonyl (C=O) groups is 2. The Bertz CT molecular complexity index is 586. The van der Waals surface area contributed by atoms with Crippen molar-refractivity contribution in [2.75, 3.05) is 13.7 Å². The summed E-state index contributed by atoms with van der Waals surface area (Å²) in [5.41, 5.74) is -0.829. The summed E-state index contributed by atoms with van der Waals surface area (Å²) in [5.74, 6) is -1.70. The Hall–Kier alpha value is -2.24. The highest BCUT2D eigenvalue weighted by molar-refractivity contribution is 6.05. The van der Waals surface area contributed by atoms with Crippen LogP contribution in [0.1, 0.15) is 43.6 Å². The molecule has 0 radical (unpaired) electrons. The normalized spacial score (nSPS) is 22.9. The first kappa shape index (κ1) is 17.1. The van der Waals surface area contributed by atoms with E-state index in [1.165, 1.54) is 7.11 Å². The van der Waals surface area contributed by atoms with Crippen molar-refractivity contribution in [1.29, 1.82) is 0 Å². The second-order valence-electron chi connectivity index (χ2n) is 5.93. The number of nitro groups is 1. The van der Waals surface area contributed by atoms with Gasteiger partial charge >= 0.3 is 5.97 Å². The van der Waals surface area contributed by atoms with Gasteiger partial charge in [0.1, 0.15) is 5.41 Å². The molecule has 0 N–H and O–H groups in total. The molecule has 0 saturated heterocycles. The van der Waals surface area contributed by atoms with Crippen LogP contribution in [0.3, 0.4) is 0 Å². The molecule has 0 unspecified atom stereocenters. The lowest BCUT2D eigenvalue weighted by atomic mass is 9.66. The van der Waals surface area contributed by atoms with E-state index >= 15 is 0 Å². The summed E-state index contributed by atoms with van der Waals surface area (Å²) in [6, 6.07) is 8.78. The Balaban J connectivity index is 2.58. The lowest BCUT2D eigenvalue weighted by Crippen LogP contribution is -2.47. The number of Topliss-reactive ketones (excluding diaryl/α,β-unsaturated/α-hetero) is 1. The molecule has 1 aliphatic carbocycles. The van der Waals surface area contributed by atoms with Crippen LogP contribution in [-0.2, 0) is 14.3 Å². The maximum atomic E-state index is 12.8. The molecule has 1 fully saturated rings. The van der Waals surface area contributed by atoms with Crippen LogP contribution in [0.25, 0.3) is 0 Å². The summed E-state index contributed by atoms with van der Waals surface area (Å²) < 4.78 is 4.92. The SMILES string of the molecule is COC(=O)[C@]1([C@H](C[N+](=O)[O-])c2ccccc2)CCCCCC1=O. The van der Waals surface area contributed by atoms with Crippen LogP contribution in [0.15, 0.2) is 30.3 Å². The van der Waals surface area contributed by atoms with E-state index in [4.69, 9.17) is 4.74 Å². The van der Waals surface area contributed by atoms with Crippen molar-refractivity contribution in [3.8, 4) is 0 Å². The monoisotopic (exact) mass is 319 g/mol. The zero-order valence-electron chi connectivity index (χ0n) is 13.2. The van der Waals surface area contributed by atoms with Gasteiger partial charge in [-0.15, -0.1) is 0 Å². The molecule has 0 heterocycles. The summed E-state index contributed by atoms with van der Waals surface area (Å²) in [4.78, 5) is 36.1. The van der Waals surface area contributed by atoms with E-state index < -0.39 is 28.8 Å². The van der Waals surface area contributed by atoms with Gasteiger partial charge in [0.2, 0.25) is 6.54 Å². The molecule has 0 amide bonds. The molecule has 1 aromatic rings. The van der Waals surface area contributed by atoms with E-state index in [0.717, 1.165) is 6.42 Å². The fourth-order valence-corrected chi connectivity index (χ4v) is 3.52. The highest BCUT2D eigenvalue weighted by Crippen LogP contribution is 2.45. The van der Waals surface area contributed by atoms with Crippen LogP contribution in [0.2, 0.25) is 0 Å². The van der Waals surface area contributed by atoms with Crippen molar-refractivity contribution < 1.29 is 19.2 Å². The van der Waals surface area contributed by atoms with E-state index in [1.807, 2.05) is 0 Å². The van der Waals surface area contributed by atoms with Gasteiger partial charge in [0.15, 0.2) is 5.78 Å². The summed E-state index contributed by atoms with van der Waals surface area (Å²) in [6.45, 7) is -0.467. The fourth-order valence-electron chi connectivity index (χ4n) is 3.52. The van der Waals surface area contributed by atoms with Crippen molar-refractivity contribution in [3.63, 3.8) is 0 Å². The minimum atomic E-state index is -1.46. The molecular weight excluding hydrogens is 298 g/mol. The Labute approximate surface area is 135 Å². The van der Waals surface area contributed by atoms with Crippen molar-refractivity contribution in [1.82, 2.24) is 0 Å². The van der Waals surface area contributed by atoms with Gasteiger partial charge in [0.25, 0.3) is 0 Å². The lowest BCUT2D eigenvalue weighted by molar-refractivity contribution is -0.485. The maximum Gasteiger partial charge on any atom is 0.320 e. The average molecular weight is 319 g/mol. The van der Waals surface area contributed by atoms with E-state index in [-0.39, 0.29) is 12.2 Å². The number of hydrogen-bond acceptors (Lipinski definition) is 5. The minimum absolute atomic E-state index is 0.238. The number of ether oxygens (including phenoxy) is 1. The van der Waals surface area contributed by atoms with Crippen molar-refractivity contribution in [2.24, 2.45) is 5.41 Å². The van der Waals surface area contributed by atoms with E-state index in [2.05, 4.69) is 0 Å². The van der Waals surface area contributed by atoms with Gasteiger partial charge in [-0.3, -0.25) is 19.7 Å². The predicted octanol–water partition coefficient (Wildman–Crippen LogP) is 2.74. The predicted molar refractivity (Wildman–Crippen MR) is 83.6 cm³/mol. The second-order valence-corrected chi connectivity index (χ2v) is 5.93. The molecule has 0 aliphatic heterocycles. The Morgan fingerprint density at radius 3 is 2.61 bits per heavy atom. The van der Waals surface area contributed by atoms with Gasteiger partial charge in [0, 0.05) is 11.3 Å². The Morgan fingerprint density at radius 1 is 1.30 bits per heavy atom. The molecular formula is C17H21NO5. The zero-order chi connectivity index (χ0) is 16.9. The molecule has 6 heteroatoms. The van der Waals surface area contributed by atoms with Gasteiger partial charge in [-0.1, -0.05) is 43.2 Å². The molecule has 0 aromatic heterocycles. The number of rotatable bonds is 5. The summed E-state index contributed by atoms with van der Waals surface area (Å²) in [7, 11) is 1.23. The third-order valence-electron chi connectivity index (χ3n) is 4.65. The number of hydrogen-bond donors (Lipinski definition) is 0. The van der Waals surface area contributed by atoms with Gasteiger partial charge in [0.05, 0.1) is 13.0 Å². The van der Waals surface area contributed by atoms with E-state index in [9.17, 15) is 19.7 Å². The number of benzene rings is 1. The standard InChI is InChI=1S/C17H21NO5/c1-23-16(20)17(11-7-3-6-10-15(17)19)14(12-18(21)22)13-8-4-2-5-9-13/h2,4-5,8-9,14H,3,6-7,10-12H2,1H3/t14-,17+/m1/s1. The van der Waals surface area contributed by atoms with Gasteiger partial charge in [-0.25, -0.2) is 0 Å². The lowest BCUT2D eigenvalue weighted by Gasteiger charge is -2.34. The molecule has 1 aliphatic rings. The first-order valence-corrected chi connectivity index (χ1v) is 7.81. The van der Waals surface area contributed by atoms with Crippen LogP contribution in [0, 0.1) is 15.5 Å². The van der Waals surface area contributed by atoms with Crippen molar-refractivity contribution in [3.05, 3.63) is 46.0 Å². The zero-order valence-corrected chi connectivity index (χ0v) is 13.2. The first-order chi connectivity index (χ1) is 11.0. The van der Waals surface area contributed by atoms with Gasteiger partial charge in [-0.2, -0.15) is 0 Å². The first-order valence-electron chi connectivity index (χ1n) is 7.81. The van der Waals surface area contributed by atoms with Crippen LogP contribution < -0.4 is 0 Å². The summed E-state index contributed by atoms with van der Waals surface area (Å²) in [5, 5.41) is 11.2. The fraction of sp³-hybridized carbons (Fsp3) is 0.529. The average Bonchev–Trinajstić information content (AvgIpc) is 2.75. The van der Waals surface area contributed by atoms with E-state index in [1.54, 1.807) is 30.3 Å². The Kier molecular flexibility index (Phi) is 5.47. The maximum absolute atomic E-state index is 12.8. The number of nitrogens with zero attached hydrogens (tertiary/aromatic N) is 1.